The van der Waals surface area contributed by atoms with Crippen molar-refractivity contribution < 1.29 is 0 Å². The summed E-state index contributed by atoms with van der Waals surface area (Å²) in [5.74, 6) is 0.253. The Labute approximate surface area is 128 Å². The van der Waals surface area contributed by atoms with Crippen LogP contribution >= 0.6 is 11.6 Å². The number of aryl methyl sites for hydroxylation is 1. The summed E-state index contributed by atoms with van der Waals surface area (Å²) in [7, 11) is 0. The first-order chi connectivity index (χ1) is 10.1. The van der Waals surface area contributed by atoms with Gasteiger partial charge in [0.15, 0.2) is 0 Å². The molecule has 3 nitrogen and oxygen atoms in total. The Balaban J connectivity index is 2.10. The number of hydrogen-bond donors (Lipinski definition) is 1. The van der Waals surface area contributed by atoms with Crippen molar-refractivity contribution in [3.8, 4) is 22.5 Å². The minimum absolute atomic E-state index is 0.253. The van der Waals surface area contributed by atoms with Crippen LogP contribution in [0.25, 0.3) is 22.5 Å². The van der Waals surface area contributed by atoms with E-state index >= 15 is 0 Å². The molecular formula is C17H14ClN3. The Morgan fingerprint density at radius 1 is 0.857 bits per heavy atom. The Hall–Kier alpha value is -2.39. The molecule has 2 N–H and O–H groups in total. The van der Waals surface area contributed by atoms with Crippen LogP contribution in [-0.4, -0.2) is 9.97 Å². The zero-order chi connectivity index (χ0) is 14.8. The highest BCUT2D eigenvalue weighted by Crippen LogP contribution is 2.26. The predicted octanol–water partition coefficient (Wildman–Crippen LogP) is 4.35. The lowest BCUT2D eigenvalue weighted by Crippen LogP contribution is -1.98. The quantitative estimate of drug-likeness (QED) is 0.764. The van der Waals surface area contributed by atoms with Gasteiger partial charge in [0.25, 0.3) is 0 Å². The number of nitrogens with zero attached hydrogens (tertiary/aromatic N) is 2. The highest BCUT2D eigenvalue weighted by molar-refractivity contribution is 6.30. The molecular weight excluding hydrogens is 282 g/mol. The van der Waals surface area contributed by atoms with Gasteiger partial charge in [-0.25, -0.2) is 9.97 Å². The maximum Gasteiger partial charge on any atom is 0.221 e. The van der Waals surface area contributed by atoms with Gasteiger partial charge in [0.2, 0.25) is 5.95 Å². The lowest BCUT2D eigenvalue weighted by Gasteiger charge is -2.07. The van der Waals surface area contributed by atoms with E-state index in [4.69, 9.17) is 17.3 Å². The molecule has 104 valence electrons. The molecule has 0 saturated carbocycles. The van der Waals surface area contributed by atoms with E-state index < -0.39 is 0 Å². The number of nitrogens with two attached hydrogens (primary N) is 1. The van der Waals surface area contributed by atoms with E-state index in [9.17, 15) is 0 Å². The lowest BCUT2D eigenvalue weighted by molar-refractivity contribution is 1.19. The monoisotopic (exact) mass is 295 g/mol. The van der Waals surface area contributed by atoms with Crippen molar-refractivity contribution in [2.45, 2.75) is 6.92 Å². The number of hydrogen-bond acceptors (Lipinski definition) is 3. The van der Waals surface area contributed by atoms with Crippen LogP contribution in [0.15, 0.2) is 54.6 Å². The van der Waals surface area contributed by atoms with E-state index in [0.717, 1.165) is 22.5 Å². The molecule has 3 aromatic rings. The summed E-state index contributed by atoms with van der Waals surface area (Å²) < 4.78 is 0. The summed E-state index contributed by atoms with van der Waals surface area (Å²) in [6, 6.07) is 17.6. The summed E-state index contributed by atoms with van der Waals surface area (Å²) in [5, 5.41) is 0.668. The number of aromatic nitrogens is 2. The molecule has 4 heteroatoms. The molecule has 0 saturated heterocycles. The molecule has 0 unspecified atom stereocenters. The Kier molecular flexibility index (Phi) is 3.59. The largest absolute Gasteiger partial charge is 0.368 e. The Bertz CT molecular complexity index is 782. The van der Waals surface area contributed by atoms with Crippen LogP contribution < -0.4 is 5.73 Å². The van der Waals surface area contributed by atoms with E-state index in [2.05, 4.69) is 16.9 Å². The number of benzene rings is 2. The molecule has 3 rings (SSSR count). The van der Waals surface area contributed by atoms with Crippen molar-refractivity contribution in [3.05, 3.63) is 65.2 Å². The summed E-state index contributed by atoms with van der Waals surface area (Å²) in [5.41, 5.74) is 10.6. The smallest absolute Gasteiger partial charge is 0.221 e. The van der Waals surface area contributed by atoms with Crippen molar-refractivity contribution >= 4 is 17.5 Å². The van der Waals surface area contributed by atoms with Crippen molar-refractivity contribution in [3.63, 3.8) is 0 Å². The number of anilines is 1. The normalized spacial score (nSPS) is 10.6. The van der Waals surface area contributed by atoms with Gasteiger partial charge < -0.3 is 5.73 Å². The highest BCUT2D eigenvalue weighted by atomic mass is 35.5. The van der Waals surface area contributed by atoms with Crippen LogP contribution in [0, 0.1) is 6.92 Å². The van der Waals surface area contributed by atoms with Crippen LogP contribution in [0.1, 0.15) is 5.56 Å². The number of halogens is 1. The second-order valence-corrected chi connectivity index (χ2v) is 5.31. The van der Waals surface area contributed by atoms with Crippen LogP contribution in [-0.2, 0) is 0 Å². The van der Waals surface area contributed by atoms with Crippen LogP contribution in [0.4, 0.5) is 5.95 Å². The molecule has 0 aliphatic heterocycles. The summed E-state index contributed by atoms with van der Waals surface area (Å²) >= 11 is 6.03. The van der Waals surface area contributed by atoms with Gasteiger partial charge in [-0.2, -0.15) is 0 Å². The Morgan fingerprint density at radius 3 is 2.19 bits per heavy atom. The third-order valence-corrected chi connectivity index (χ3v) is 3.45. The summed E-state index contributed by atoms with van der Waals surface area (Å²) in [6.45, 7) is 2.05. The molecule has 0 bridgehead atoms. The molecule has 0 spiro atoms. The number of nitrogen functional groups attached to an aromatic ring is 1. The minimum atomic E-state index is 0.253. The fourth-order valence-electron chi connectivity index (χ4n) is 2.13. The summed E-state index contributed by atoms with van der Waals surface area (Å²) in [6.07, 6.45) is 0. The number of rotatable bonds is 2. The molecule has 0 atom stereocenters. The second-order valence-electron chi connectivity index (χ2n) is 4.87. The topological polar surface area (TPSA) is 51.8 Å². The van der Waals surface area contributed by atoms with Gasteiger partial charge in [-0.15, -0.1) is 0 Å². The summed E-state index contributed by atoms with van der Waals surface area (Å²) in [4.78, 5) is 8.61. The maximum absolute atomic E-state index is 6.03. The molecule has 0 aliphatic rings. The first-order valence-corrected chi connectivity index (χ1v) is 6.97. The molecule has 0 radical (unpaired) electrons. The molecule has 2 aromatic carbocycles. The van der Waals surface area contributed by atoms with Gasteiger partial charge in [0.1, 0.15) is 0 Å². The van der Waals surface area contributed by atoms with E-state index in [1.54, 1.807) is 0 Å². The first-order valence-electron chi connectivity index (χ1n) is 6.59. The highest BCUT2D eigenvalue weighted by Gasteiger charge is 2.07. The minimum Gasteiger partial charge on any atom is -0.368 e. The van der Waals surface area contributed by atoms with Crippen molar-refractivity contribution in [1.82, 2.24) is 9.97 Å². The molecule has 1 aromatic heterocycles. The zero-order valence-electron chi connectivity index (χ0n) is 11.5. The molecule has 0 aliphatic carbocycles. The van der Waals surface area contributed by atoms with Crippen LogP contribution in [0.3, 0.4) is 0 Å². The maximum atomic E-state index is 6.03. The SMILES string of the molecule is Cc1ccc(-c2cc(-c3cccc(Cl)c3)nc(N)n2)cc1. The third kappa shape index (κ3) is 3.03. The second kappa shape index (κ2) is 5.54. The third-order valence-electron chi connectivity index (χ3n) is 3.21. The molecule has 0 fully saturated rings. The van der Waals surface area contributed by atoms with Crippen molar-refractivity contribution in [1.29, 1.82) is 0 Å². The average Bonchev–Trinajstić information content (AvgIpc) is 2.47. The average molecular weight is 296 g/mol. The van der Waals surface area contributed by atoms with Gasteiger partial charge in [-0.05, 0) is 25.1 Å². The van der Waals surface area contributed by atoms with E-state index in [-0.39, 0.29) is 5.95 Å². The first kappa shape index (κ1) is 13.6. The lowest BCUT2D eigenvalue weighted by atomic mass is 10.1. The van der Waals surface area contributed by atoms with E-state index in [0.29, 0.717) is 5.02 Å². The fraction of sp³-hybridized carbons (Fsp3) is 0.0588. The van der Waals surface area contributed by atoms with Gasteiger partial charge >= 0.3 is 0 Å². The molecule has 0 amide bonds. The van der Waals surface area contributed by atoms with Crippen LogP contribution in [0.2, 0.25) is 5.02 Å². The van der Waals surface area contributed by atoms with Crippen molar-refractivity contribution in [2.75, 3.05) is 5.73 Å². The van der Waals surface area contributed by atoms with Gasteiger partial charge in [0, 0.05) is 16.1 Å². The molecule has 1 heterocycles. The standard InChI is InChI=1S/C17H14ClN3/c1-11-5-7-12(8-6-11)15-10-16(21-17(19)20-15)13-3-2-4-14(18)9-13/h2-10H,1H3,(H2,19,20,21). The van der Waals surface area contributed by atoms with E-state index in [1.165, 1.54) is 5.56 Å². The van der Waals surface area contributed by atoms with E-state index in [1.807, 2.05) is 54.6 Å². The van der Waals surface area contributed by atoms with Gasteiger partial charge in [0.05, 0.1) is 11.4 Å². The van der Waals surface area contributed by atoms with Crippen molar-refractivity contribution in [2.24, 2.45) is 0 Å². The van der Waals surface area contributed by atoms with Crippen LogP contribution in [0.5, 0.6) is 0 Å². The fourth-order valence-corrected chi connectivity index (χ4v) is 2.32. The van der Waals surface area contributed by atoms with Gasteiger partial charge in [-0.1, -0.05) is 53.6 Å². The van der Waals surface area contributed by atoms with Gasteiger partial charge in [-0.3, -0.25) is 0 Å². The predicted molar refractivity (Wildman–Crippen MR) is 87.1 cm³/mol. The Morgan fingerprint density at radius 2 is 1.52 bits per heavy atom. The zero-order valence-corrected chi connectivity index (χ0v) is 12.3. The molecule has 21 heavy (non-hydrogen) atoms.